The molecule has 1 N–H and O–H groups in total. The van der Waals surface area contributed by atoms with Crippen molar-refractivity contribution in [2.24, 2.45) is 5.92 Å². The Hall–Kier alpha value is -0.150. The van der Waals surface area contributed by atoms with Gasteiger partial charge in [0.1, 0.15) is 6.17 Å². The van der Waals surface area contributed by atoms with Gasteiger partial charge in [-0.25, -0.2) is 4.39 Å². The lowest BCUT2D eigenvalue weighted by Crippen LogP contribution is -2.48. The highest BCUT2D eigenvalue weighted by Gasteiger charge is 2.18. The molecule has 1 heterocycles. The standard InChI is InChI=1S/C8H17FN2/c1-7(9)5-11(2)6-8-3-10-4-8/h7-8,10H,3-6H2,1-2H3. The molecular weight excluding hydrogens is 143 g/mol. The summed E-state index contributed by atoms with van der Waals surface area (Å²) in [5.41, 5.74) is 0. The van der Waals surface area contributed by atoms with Gasteiger partial charge in [0.15, 0.2) is 0 Å². The van der Waals surface area contributed by atoms with Crippen molar-refractivity contribution in [1.29, 1.82) is 0 Å². The van der Waals surface area contributed by atoms with E-state index in [1.165, 1.54) is 0 Å². The molecule has 3 heteroatoms. The number of rotatable bonds is 4. The zero-order valence-electron chi connectivity index (χ0n) is 7.31. The Balaban J connectivity index is 2.04. The monoisotopic (exact) mass is 160 g/mol. The van der Waals surface area contributed by atoms with Crippen LogP contribution < -0.4 is 5.32 Å². The Morgan fingerprint density at radius 2 is 2.27 bits per heavy atom. The zero-order valence-corrected chi connectivity index (χ0v) is 7.31. The summed E-state index contributed by atoms with van der Waals surface area (Å²) in [6.07, 6.45) is -0.701. The van der Waals surface area contributed by atoms with Crippen LogP contribution in [-0.4, -0.2) is 44.3 Å². The van der Waals surface area contributed by atoms with Crippen molar-refractivity contribution >= 4 is 0 Å². The molecule has 0 bridgehead atoms. The van der Waals surface area contributed by atoms with Gasteiger partial charge in [-0.15, -0.1) is 0 Å². The minimum Gasteiger partial charge on any atom is -0.316 e. The predicted molar refractivity (Wildman–Crippen MR) is 44.4 cm³/mol. The SMILES string of the molecule is CC(F)CN(C)CC1CNC1. The molecule has 0 aromatic carbocycles. The lowest BCUT2D eigenvalue weighted by atomic mass is 10.0. The third kappa shape index (κ3) is 3.16. The molecule has 1 aliphatic heterocycles. The molecule has 1 unspecified atom stereocenters. The fourth-order valence-electron chi connectivity index (χ4n) is 1.42. The first kappa shape index (κ1) is 8.94. The molecule has 0 aromatic rings. The smallest absolute Gasteiger partial charge is 0.110 e. The lowest BCUT2D eigenvalue weighted by molar-refractivity contribution is 0.183. The Bertz CT molecular complexity index is 113. The molecule has 0 radical (unpaired) electrons. The Morgan fingerprint density at radius 1 is 1.64 bits per heavy atom. The molecule has 0 saturated carbocycles. The minimum atomic E-state index is -0.701. The first-order valence-corrected chi connectivity index (χ1v) is 4.22. The summed E-state index contributed by atoms with van der Waals surface area (Å²) >= 11 is 0. The molecule has 0 aliphatic carbocycles. The van der Waals surface area contributed by atoms with E-state index in [1.54, 1.807) is 6.92 Å². The lowest BCUT2D eigenvalue weighted by Gasteiger charge is -2.31. The van der Waals surface area contributed by atoms with Crippen LogP contribution in [0.15, 0.2) is 0 Å². The average molecular weight is 160 g/mol. The Kier molecular flexibility index (Phi) is 3.27. The van der Waals surface area contributed by atoms with Crippen LogP contribution in [0.1, 0.15) is 6.92 Å². The van der Waals surface area contributed by atoms with E-state index in [2.05, 4.69) is 10.2 Å². The number of halogens is 1. The van der Waals surface area contributed by atoms with Crippen molar-refractivity contribution in [3.8, 4) is 0 Å². The van der Waals surface area contributed by atoms with Crippen LogP contribution in [0.5, 0.6) is 0 Å². The molecule has 1 aliphatic rings. The van der Waals surface area contributed by atoms with Crippen molar-refractivity contribution in [3.05, 3.63) is 0 Å². The number of hydrogen-bond acceptors (Lipinski definition) is 2. The van der Waals surface area contributed by atoms with Crippen molar-refractivity contribution < 1.29 is 4.39 Å². The summed E-state index contributed by atoms with van der Waals surface area (Å²) in [6.45, 7) is 5.41. The second-order valence-electron chi connectivity index (χ2n) is 3.53. The largest absolute Gasteiger partial charge is 0.316 e. The van der Waals surface area contributed by atoms with Crippen LogP contribution in [-0.2, 0) is 0 Å². The molecule has 66 valence electrons. The van der Waals surface area contributed by atoms with Gasteiger partial charge in [-0.05, 0) is 19.9 Å². The summed E-state index contributed by atoms with van der Waals surface area (Å²) in [6, 6.07) is 0. The summed E-state index contributed by atoms with van der Waals surface area (Å²) in [4.78, 5) is 2.07. The van der Waals surface area contributed by atoms with Crippen molar-refractivity contribution in [2.45, 2.75) is 13.1 Å². The first-order valence-electron chi connectivity index (χ1n) is 4.22. The highest BCUT2D eigenvalue weighted by Crippen LogP contribution is 2.05. The number of nitrogens with one attached hydrogen (secondary N) is 1. The molecular formula is C8H17FN2. The van der Waals surface area contributed by atoms with Gasteiger partial charge in [-0.1, -0.05) is 0 Å². The summed E-state index contributed by atoms with van der Waals surface area (Å²) in [5, 5.41) is 3.20. The van der Waals surface area contributed by atoms with E-state index in [0.717, 1.165) is 25.6 Å². The topological polar surface area (TPSA) is 15.3 Å². The molecule has 1 rings (SSSR count). The fourth-order valence-corrected chi connectivity index (χ4v) is 1.42. The van der Waals surface area contributed by atoms with Crippen LogP contribution in [0, 0.1) is 5.92 Å². The van der Waals surface area contributed by atoms with Crippen LogP contribution in [0.25, 0.3) is 0 Å². The predicted octanol–water partition coefficient (Wildman–Crippen LogP) is 0.496. The number of alkyl halides is 1. The van der Waals surface area contributed by atoms with Crippen LogP contribution in [0.4, 0.5) is 4.39 Å². The minimum absolute atomic E-state index is 0.566. The van der Waals surface area contributed by atoms with Gasteiger partial charge in [0.25, 0.3) is 0 Å². The van der Waals surface area contributed by atoms with E-state index < -0.39 is 6.17 Å². The summed E-state index contributed by atoms with van der Waals surface area (Å²) in [7, 11) is 1.98. The van der Waals surface area contributed by atoms with E-state index >= 15 is 0 Å². The van der Waals surface area contributed by atoms with Crippen molar-refractivity contribution in [3.63, 3.8) is 0 Å². The van der Waals surface area contributed by atoms with Gasteiger partial charge in [0.2, 0.25) is 0 Å². The van der Waals surface area contributed by atoms with Crippen LogP contribution in [0.3, 0.4) is 0 Å². The second-order valence-corrected chi connectivity index (χ2v) is 3.53. The normalized spacial score (nSPS) is 21.8. The number of hydrogen-bond donors (Lipinski definition) is 1. The fraction of sp³-hybridized carbons (Fsp3) is 1.00. The molecule has 11 heavy (non-hydrogen) atoms. The Labute approximate surface area is 67.8 Å². The van der Waals surface area contributed by atoms with Gasteiger partial charge in [-0.2, -0.15) is 0 Å². The molecule has 0 spiro atoms. The average Bonchev–Trinajstić information content (AvgIpc) is 1.77. The molecule has 2 nitrogen and oxygen atoms in total. The second kappa shape index (κ2) is 4.02. The third-order valence-electron chi connectivity index (χ3n) is 2.00. The van der Waals surface area contributed by atoms with Gasteiger partial charge < -0.3 is 10.2 Å². The van der Waals surface area contributed by atoms with E-state index in [-0.39, 0.29) is 0 Å². The zero-order chi connectivity index (χ0) is 8.27. The Morgan fingerprint density at radius 3 is 2.64 bits per heavy atom. The highest BCUT2D eigenvalue weighted by atomic mass is 19.1. The number of nitrogens with zero attached hydrogens (tertiary/aromatic N) is 1. The third-order valence-corrected chi connectivity index (χ3v) is 2.00. The maximum atomic E-state index is 12.5. The van der Waals surface area contributed by atoms with E-state index in [1.807, 2.05) is 7.05 Å². The quantitative estimate of drug-likeness (QED) is 0.644. The maximum absolute atomic E-state index is 12.5. The van der Waals surface area contributed by atoms with Crippen molar-refractivity contribution in [1.82, 2.24) is 10.2 Å². The van der Waals surface area contributed by atoms with Gasteiger partial charge in [0.05, 0.1) is 0 Å². The molecule has 0 aromatic heterocycles. The summed E-state index contributed by atoms with van der Waals surface area (Å²) in [5.74, 6) is 0.749. The van der Waals surface area contributed by atoms with E-state index in [4.69, 9.17) is 0 Å². The van der Waals surface area contributed by atoms with Crippen LogP contribution >= 0.6 is 0 Å². The van der Waals surface area contributed by atoms with E-state index in [9.17, 15) is 4.39 Å². The molecule has 1 fully saturated rings. The maximum Gasteiger partial charge on any atom is 0.110 e. The molecule has 1 saturated heterocycles. The van der Waals surface area contributed by atoms with Gasteiger partial charge in [-0.3, -0.25) is 0 Å². The van der Waals surface area contributed by atoms with E-state index in [0.29, 0.717) is 6.54 Å². The van der Waals surface area contributed by atoms with Gasteiger partial charge in [0, 0.05) is 26.2 Å². The van der Waals surface area contributed by atoms with Gasteiger partial charge >= 0.3 is 0 Å². The highest BCUT2D eigenvalue weighted by molar-refractivity contribution is 4.77. The molecule has 1 atom stereocenters. The molecule has 0 amide bonds. The van der Waals surface area contributed by atoms with Crippen molar-refractivity contribution in [2.75, 3.05) is 33.2 Å². The van der Waals surface area contributed by atoms with Crippen LogP contribution in [0.2, 0.25) is 0 Å². The first-order chi connectivity index (χ1) is 5.18. The summed E-state index contributed by atoms with van der Waals surface area (Å²) < 4.78 is 12.5.